The van der Waals surface area contributed by atoms with Crippen molar-refractivity contribution in [1.82, 2.24) is 9.88 Å². The van der Waals surface area contributed by atoms with E-state index in [2.05, 4.69) is 4.98 Å². The quantitative estimate of drug-likeness (QED) is 0.391. The fourth-order valence-corrected chi connectivity index (χ4v) is 5.90. The van der Waals surface area contributed by atoms with Crippen molar-refractivity contribution in [1.29, 1.82) is 0 Å². The molecule has 0 radical (unpaired) electrons. The second-order valence-electron chi connectivity index (χ2n) is 11.3. The van der Waals surface area contributed by atoms with Crippen molar-refractivity contribution in [3.05, 3.63) is 53.5 Å². The van der Waals surface area contributed by atoms with Gasteiger partial charge >= 0.3 is 6.18 Å². The highest BCUT2D eigenvalue weighted by Gasteiger charge is 2.63. The Balaban J connectivity index is 1.33. The molecule has 1 aliphatic carbocycles. The standard InChI is InChI=1S/C29H30F4N2O4/c1-4-16-11-21(17-5-7-20(30)8-6-17)34-22-12-23(39-25(16)22)26(37)35-10-9-18(13-27(35,2)3)24(36)19-14-28(38,15-19)29(31,32)33/h5-8,11-12,18-19,38H,4,9-10,13-15H2,1-3H3/t18?,19-,28+. The Labute approximate surface area is 223 Å². The minimum absolute atomic E-state index is 0.107. The van der Waals surface area contributed by atoms with Crippen molar-refractivity contribution in [2.45, 2.75) is 70.2 Å². The molecule has 2 aliphatic rings. The number of benzene rings is 1. The van der Waals surface area contributed by atoms with Gasteiger partial charge in [0.1, 0.15) is 17.1 Å². The zero-order chi connectivity index (χ0) is 28.3. The first kappa shape index (κ1) is 27.3. The summed E-state index contributed by atoms with van der Waals surface area (Å²) in [6.45, 7) is 5.84. The van der Waals surface area contributed by atoms with Crippen LogP contribution in [0.3, 0.4) is 0 Å². The predicted molar refractivity (Wildman–Crippen MR) is 135 cm³/mol. The molecule has 1 atom stereocenters. The molecular weight excluding hydrogens is 516 g/mol. The number of halogens is 4. The molecule has 1 amide bonds. The van der Waals surface area contributed by atoms with Gasteiger partial charge in [-0.25, -0.2) is 9.37 Å². The monoisotopic (exact) mass is 546 g/mol. The number of Topliss-reactive ketones (excluding diaryl/α,β-unsaturated/α-hetero) is 1. The van der Waals surface area contributed by atoms with E-state index in [4.69, 9.17) is 4.42 Å². The number of ketones is 1. The Kier molecular flexibility index (Phi) is 6.60. The average molecular weight is 547 g/mol. The predicted octanol–water partition coefficient (Wildman–Crippen LogP) is 6.10. The fourth-order valence-electron chi connectivity index (χ4n) is 5.90. The van der Waals surface area contributed by atoms with Gasteiger partial charge in [0.2, 0.25) is 0 Å². The smallest absolute Gasteiger partial charge is 0.417 e. The van der Waals surface area contributed by atoms with Crippen LogP contribution in [-0.4, -0.2) is 50.5 Å². The molecule has 1 saturated heterocycles. The van der Waals surface area contributed by atoms with Crippen LogP contribution >= 0.6 is 0 Å². The number of aromatic nitrogens is 1. The first-order valence-corrected chi connectivity index (χ1v) is 13.1. The molecule has 2 fully saturated rings. The van der Waals surface area contributed by atoms with Crippen LogP contribution in [0.25, 0.3) is 22.4 Å². The van der Waals surface area contributed by atoms with E-state index in [1.54, 1.807) is 23.1 Å². The molecule has 2 aromatic heterocycles. The molecule has 5 rings (SSSR count). The number of alkyl halides is 3. The molecule has 6 nitrogen and oxygen atoms in total. The zero-order valence-corrected chi connectivity index (χ0v) is 21.9. The third-order valence-electron chi connectivity index (χ3n) is 8.21. The number of furan rings is 1. The van der Waals surface area contributed by atoms with E-state index in [1.807, 2.05) is 26.8 Å². The van der Waals surface area contributed by atoms with Gasteiger partial charge in [-0.15, -0.1) is 0 Å². The Bertz CT molecular complexity index is 1420. The van der Waals surface area contributed by atoms with E-state index in [1.165, 1.54) is 12.1 Å². The lowest BCUT2D eigenvalue weighted by Gasteiger charge is -2.48. The number of piperidine rings is 1. The number of carbonyl (C=O) groups is 2. The van der Waals surface area contributed by atoms with Gasteiger partial charge in [0.15, 0.2) is 16.9 Å². The molecule has 1 unspecified atom stereocenters. The summed E-state index contributed by atoms with van der Waals surface area (Å²) in [6, 6.07) is 9.43. The van der Waals surface area contributed by atoms with Crippen LogP contribution in [0.2, 0.25) is 0 Å². The van der Waals surface area contributed by atoms with E-state index in [-0.39, 0.29) is 29.8 Å². The Morgan fingerprint density at radius 2 is 1.77 bits per heavy atom. The Hall–Kier alpha value is -3.27. The normalized spacial score (nSPS) is 25.0. The van der Waals surface area contributed by atoms with E-state index >= 15 is 0 Å². The lowest BCUT2D eigenvalue weighted by atomic mass is 9.64. The zero-order valence-electron chi connectivity index (χ0n) is 21.9. The molecule has 0 spiro atoms. The van der Waals surface area contributed by atoms with E-state index in [0.717, 1.165) is 11.1 Å². The molecule has 1 N–H and O–H groups in total. The Morgan fingerprint density at radius 1 is 1.10 bits per heavy atom. The molecule has 3 heterocycles. The minimum Gasteiger partial charge on any atom is -0.449 e. The van der Waals surface area contributed by atoms with Crippen molar-refractivity contribution >= 4 is 22.8 Å². The van der Waals surface area contributed by atoms with Crippen LogP contribution in [0.5, 0.6) is 0 Å². The highest BCUT2D eigenvalue weighted by Crippen LogP contribution is 2.50. The summed E-state index contributed by atoms with van der Waals surface area (Å²) in [7, 11) is 0. The van der Waals surface area contributed by atoms with Crippen molar-refractivity contribution in [2.75, 3.05) is 6.54 Å². The SMILES string of the molecule is CCc1cc(-c2ccc(F)cc2)nc2cc(C(=O)N3CCC(C(=O)[C@H]4C[C@](O)(C(F)(F)F)C4)CC3(C)C)oc12. The summed E-state index contributed by atoms with van der Waals surface area (Å²) in [5.41, 5.74) is -0.329. The van der Waals surface area contributed by atoms with Crippen molar-refractivity contribution in [2.24, 2.45) is 11.8 Å². The second kappa shape index (κ2) is 9.43. The van der Waals surface area contributed by atoms with Gasteiger partial charge in [-0.3, -0.25) is 9.59 Å². The summed E-state index contributed by atoms with van der Waals surface area (Å²) in [5.74, 6) is -2.20. The number of likely N-dealkylation sites (tertiary alicyclic amines) is 1. The maximum absolute atomic E-state index is 13.6. The second-order valence-corrected chi connectivity index (χ2v) is 11.3. The summed E-state index contributed by atoms with van der Waals surface area (Å²) < 4.78 is 58.4. The molecule has 208 valence electrons. The summed E-state index contributed by atoms with van der Waals surface area (Å²) in [4.78, 5) is 32.8. The summed E-state index contributed by atoms with van der Waals surface area (Å²) in [6.07, 6.45) is -4.73. The largest absolute Gasteiger partial charge is 0.449 e. The third kappa shape index (κ3) is 4.83. The van der Waals surface area contributed by atoms with Crippen LogP contribution < -0.4 is 0 Å². The molecule has 10 heteroatoms. The van der Waals surface area contributed by atoms with Crippen LogP contribution in [0.15, 0.2) is 40.8 Å². The molecule has 1 aromatic carbocycles. The Morgan fingerprint density at radius 3 is 2.36 bits per heavy atom. The highest BCUT2D eigenvalue weighted by atomic mass is 19.4. The first-order valence-electron chi connectivity index (χ1n) is 13.1. The first-order chi connectivity index (χ1) is 18.2. The third-order valence-corrected chi connectivity index (χ3v) is 8.21. The highest BCUT2D eigenvalue weighted by molar-refractivity contribution is 5.97. The van der Waals surface area contributed by atoms with Gasteiger partial charge in [-0.05, 0) is 81.8 Å². The topological polar surface area (TPSA) is 83.6 Å². The lowest BCUT2D eigenvalue weighted by Crippen LogP contribution is -2.59. The number of rotatable bonds is 5. The number of fused-ring (bicyclic) bond motifs is 1. The van der Waals surface area contributed by atoms with E-state index in [9.17, 15) is 32.3 Å². The molecule has 3 aromatic rings. The van der Waals surface area contributed by atoms with E-state index < -0.39 is 42.0 Å². The average Bonchev–Trinajstić information content (AvgIpc) is 3.29. The number of hydrogen-bond donors (Lipinski definition) is 1. The molecule has 1 aliphatic heterocycles. The molecule has 0 bridgehead atoms. The number of carbonyl (C=O) groups excluding carboxylic acids is 2. The number of aliphatic hydroxyl groups is 1. The minimum atomic E-state index is -4.75. The van der Waals surface area contributed by atoms with Crippen LogP contribution in [0.4, 0.5) is 17.6 Å². The van der Waals surface area contributed by atoms with Crippen molar-refractivity contribution < 1.29 is 36.7 Å². The van der Waals surface area contributed by atoms with Gasteiger partial charge < -0.3 is 14.4 Å². The van der Waals surface area contributed by atoms with Crippen LogP contribution in [-0.2, 0) is 11.2 Å². The lowest BCUT2D eigenvalue weighted by molar-refractivity contribution is -0.296. The number of aryl methyl sites for hydroxylation is 1. The fraction of sp³-hybridized carbons (Fsp3) is 0.483. The van der Waals surface area contributed by atoms with Crippen molar-refractivity contribution in [3.8, 4) is 11.3 Å². The number of hydrogen-bond acceptors (Lipinski definition) is 5. The van der Waals surface area contributed by atoms with Gasteiger partial charge in [0.25, 0.3) is 5.91 Å². The maximum Gasteiger partial charge on any atom is 0.417 e. The van der Waals surface area contributed by atoms with Gasteiger partial charge in [-0.1, -0.05) is 6.92 Å². The summed E-state index contributed by atoms with van der Waals surface area (Å²) >= 11 is 0. The molecule has 39 heavy (non-hydrogen) atoms. The number of pyridine rings is 1. The van der Waals surface area contributed by atoms with Gasteiger partial charge in [0, 0.05) is 35.5 Å². The molecular formula is C29H30F4N2O4. The van der Waals surface area contributed by atoms with Crippen molar-refractivity contribution in [3.63, 3.8) is 0 Å². The number of nitrogens with zero attached hydrogens (tertiary/aromatic N) is 2. The van der Waals surface area contributed by atoms with Gasteiger partial charge in [0.05, 0.1) is 5.69 Å². The summed E-state index contributed by atoms with van der Waals surface area (Å²) in [5, 5.41) is 9.74. The van der Waals surface area contributed by atoms with Crippen LogP contribution in [0, 0.1) is 17.7 Å². The number of amides is 1. The van der Waals surface area contributed by atoms with Crippen LogP contribution in [0.1, 0.15) is 62.6 Å². The molecule has 1 saturated carbocycles. The maximum atomic E-state index is 13.6. The van der Waals surface area contributed by atoms with Gasteiger partial charge in [-0.2, -0.15) is 13.2 Å². The van der Waals surface area contributed by atoms with E-state index in [0.29, 0.717) is 36.1 Å².